The summed E-state index contributed by atoms with van der Waals surface area (Å²) in [4.78, 5) is 10.6. The third-order valence-corrected chi connectivity index (χ3v) is 2.82. The van der Waals surface area contributed by atoms with E-state index in [4.69, 9.17) is 21.1 Å². The Morgan fingerprint density at radius 1 is 1.25 bits per heavy atom. The standard InChI is InChI=1S/C14H12ClNO4/c1-19-13-8-10(16(18)9-17)7-12(15)14(13)20-11-5-3-2-4-6-11/h2-9,18H,1H3. The van der Waals surface area contributed by atoms with Crippen molar-refractivity contribution in [2.24, 2.45) is 0 Å². The van der Waals surface area contributed by atoms with Crippen LogP contribution in [0.25, 0.3) is 0 Å². The van der Waals surface area contributed by atoms with Crippen LogP contribution in [-0.2, 0) is 4.79 Å². The van der Waals surface area contributed by atoms with Gasteiger partial charge in [0.15, 0.2) is 11.5 Å². The third kappa shape index (κ3) is 3.01. The van der Waals surface area contributed by atoms with Crippen molar-refractivity contribution in [1.29, 1.82) is 0 Å². The van der Waals surface area contributed by atoms with E-state index < -0.39 is 0 Å². The van der Waals surface area contributed by atoms with Crippen molar-refractivity contribution < 1.29 is 19.5 Å². The summed E-state index contributed by atoms with van der Waals surface area (Å²) in [6, 6.07) is 11.9. The molecule has 6 heteroatoms. The largest absolute Gasteiger partial charge is 0.493 e. The first-order valence-corrected chi connectivity index (χ1v) is 6.07. The van der Waals surface area contributed by atoms with Gasteiger partial charge in [0, 0.05) is 6.07 Å². The molecule has 2 aromatic rings. The average molecular weight is 294 g/mol. The van der Waals surface area contributed by atoms with Crippen molar-refractivity contribution in [2.75, 3.05) is 12.2 Å². The maximum Gasteiger partial charge on any atom is 0.237 e. The quantitative estimate of drug-likeness (QED) is 0.521. The van der Waals surface area contributed by atoms with Crippen molar-refractivity contribution in [1.82, 2.24) is 0 Å². The van der Waals surface area contributed by atoms with Gasteiger partial charge in [-0.15, -0.1) is 0 Å². The molecule has 0 aromatic heterocycles. The van der Waals surface area contributed by atoms with E-state index in [9.17, 15) is 10.0 Å². The second-order valence-electron chi connectivity index (χ2n) is 3.82. The van der Waals surface area contributed by atoms with Crippen molar-refractivity contribution >= 4 is 23.7 Å². The minimum absolute atomic E-state index is 0.183. The molecule has 0 aliphatic heterocycles. The lowest BCUT2D eigenvalue weighted by molar-refractivity contribution is -0.111. The van der Waals surface area contributed by atoms with Crippen LogP contribution in [0.4, 0.5) is 5.69 Å². The maximum absolute atomic E-state index is 10.6. The lowest BCUT2D eigenvalue weighted by atomic mass is 10.2. The van der Waals surface area contributed by atoms with E-state index in [-0.39, 0.29) is 17.1 Å². The molecule has 5 nitrogen and oxygen atoms in total. The number of anilines is 1. The molecule has 0 aliphatic rings. The summed E-state index contributed by atoms with van der Waals surface area (Å²) in [5, 5.41) is 9.98. The zero-order valence-electron chi connectivity index (χ0n) is 10.6. The highest BCUT2D eigenvalue weighted by Crippen LogP contribution is 2.41. The van der Waals surface area contributed by atoms with Gasteiger partial charge in [0.1, 0.15) is 5.75 Å². The SMILES string of the molecule is COc1cc(N(O)C=O)cc(Cl)c1Oc1ccccc1. The van der Waals surface area contributed by atoms with Gasteiger partial charge in [-0.25, -0.2) is 0 Å². The van der Waals surface area contributed by atoms with Gasteiger partial charge in [0.2, 0.25) is 6.41 Å². The van der Waals surface area contributed by atoms with Crippen molar-refractivity contribution in [3.05, 3.63) is 47.5 Å². The smallest absolute Gasteiger partial charge is 0.237 e. The average Bonchev–Trinajstić information content (AvgIpc) is 2.49. The Kier molecular flexibility index (Phi) is 4.45. The summed E-state index contributed by atoms with van der Waals surface area (Å²) < 4.78 is 10.8. The number of rotatable bonds is 5. The Bertz CT molecular complexity index is 604. The fraction of sp³-hybridized carbons (Fsp3) is 0.0714. The summed E-state index contributed by atoms with van der Waals surface area (Å²) in [7, 11) is 1.44. The zero-order valence-corrected chi connectivity index (χ0v) is 11.4. The number of para-hydroxylation sites is 1. The number of nitrogens with zero attached hydrogens (tertiary/aromatic N) is 1. The number of amides is 1. The lowest BCUT2D eigenvalue weighted by Gasteiger charge is -2.15. The van der Waals surface area contributed by atoms with Crippen LogP contribution in [0.5, 0.6) is 17.2 Å². The highest BCUT2D eigenvalue weighted by molar-refractivity contribution is 6.32. The minimum atomic E-state index is 0.183. The second kappa shape index (κ2) is 6.27. The number of hydrogen-bond acceptors (Lipinski definition) is 4. The molecule has 2 rings (SSSR count). The number of carbonyl (C=O) groups excluding carboxylic acids is 1. The first-order chi connectivity index (χ1) is 9.65. The van der Waals surface area contributed by atoms with Crippen molar-refractivity contribution in [3.63, 3.8) is 0 Å². The summed E-state index contributed by atoms with van der Waals surface area (Å²) in [5.41, 5.74) is 0.183. The summed E-state index contributed by atoms with van der Waals surface area (Å²) in [6.07, 6.45) is 0.253. The monoisotopic (exact) mass is 293 g/mol. The van der Waals surface area contributed by atoms with E-state index in [0.717, 1.165) is 0 Å². The molecule has 104 valence electrons. The van der Waals surface area contributed by atoms with Crippen molar-refractivity contribution in [3.8, 4) is 17.2 Å². The molecule has 0 unspecified atom stereocenters. The number of carbonyl (C=O) groups is 1. The maximum atomic E-state index is 10.6. The molecule has 1 amide bonds. The Morgan fingerprint density at radius 3 is 2.55 bits per heavy atom. The number of benzene rings is 2. The van der Waals surface area contributed by atoms with Crippen LogP contribution in [0, 0.1) is 0 Å². The van der Waals surface area contributed by atoms with Gasteiger partial charge in [-0.3, -0.25) is 10.0 Å². The van der Waals surface area contributed by atoms with E-state index in [1.54, 1.807) is 12.1 Å². The number of ether oxygens (including phenoxy) is 2. The van der Waals surface area contributed by atoms with E-state index in [1.807, 2.05) is 18.2 Å². The molecule has 0 fully saturated rings. The van der Waals surface area contributed by atoms with Crippen LogP contribution in [0.1, 0.15) is 0 Å². The first-order valence-electron chi connectivity index (χ1n) is 5.69. The number of halogens is 1. The van der Waals surface area contributed by atoms with E-state index in [1.165, 1.54) is 19.2 Å². The Balaban J connectivity index is 2.40. The minimum Gasteiger partial charge on any atom is -0.493 e. The number of methoxy groups -OCH3 is 1. The van der Waals surface area contributed by atoms with Gasteiger partial charge in [-0.05, 0) is 18.2 Å². The fourth-order valence-corrected chi connectivity index (χ4v) is 1.85. The summed E-state index contributed by atoms with van der Waals surface area (Å²) in [6.45, 7) is 0. The normalized spacial score (nSPS) is 9.95. The molecule has 0 saturated carbocycles. The molecule has 0 bridgehead atoms. The highest BCUT2D eigenvalue weighted by atomic mass is 35.5. The van der Waals surface area contributed by atoms with Crippen LogP contribution in [0.2, 0.25) is 5.02 Å². The van der Waals surface area contributed by atoms with E-state index in [2.05, 4.69) is 0 Å². The van der Waals surface area contributed by atoms with Gasteiger partial charge in [0.25, 0.3) is 0 Å². The summed E-state index contributed by atoms with van der Waals surface area (Å²) >= 11 is 6.11. The van der Waals surface area contributed by atoms with Crippen LogP contribution in [0.15, 0.2) is 42.5 Å². The van der Waals surface area contributed by atoms with Crippen LogP contribution < -0.4 is 14.5 Å². The predicted octanol–water partition coefficient (Wildman–Crippen LogP) is 3.49. The second-order valence-corrected chi connectivity index (χ2v) is 4.23. The molecule has 0 heterocycles. The lowest BCUT2D eigenvalue weighted by Crippen LogP contribution is -2.14. The molecule has 0 spiro atoms. The third-order valence-electron chi connectivity index (χ3n) is 2.54. The molecule has 1 N–H and O–H groups in total. The Labute approximate surface area is 120 Å². The number of hydroxylamine groups is 1. The Hall–Kier alpha value is -2.24. The van der Waals surface area contributed by atoms with Crippen LogP contribution in [0.3, 0.4) is 0 Å². The molecule has 0 aliphatic carbocycles. The summed E-state index contributed by atoms with van der Waals surface area (Å²) in [5.74, 6) is 1.21. The molecule has 2 aromatic carbocycles. The van der Waals surface area contributed by atoms with Gasteiger partial charge in [-0.2, -0.15) is 5.06 Å². The van der Waals surface area contributed by atoms with Crippen LogP contribution in [-0.4, -0.2) is 18.7 Å². The van der Waals surface area contributed by atoms with Gasteiger partial charge >= 0.3 is 0 Å². The highest BCUT2D eigenvalue weighted by Gasteiger charge is 2.15. The molecular weight excluding hydrogens is 282 g/mol. The van der Waals surface area contributed by atoms with Crippen molar-refractivity contribution in [2.45, 2.75) is 0 Å². The fourth-order valence-electron chi connectivity index (χ4n) is 1.60. The molecule has 0 atom stereocenters. The topological polar surface area (TPSA) is 59.0 Å². The van der Waals surface area contributed by atoms with Crippen LogP contribution >= 0.6 is 11.6 Å². The zero-order chi connectivity index (χ0) is 14.5. The van der Waals surface area contributed by atoms with Gasteiger partial charge < -0.3 is 9.47 Å². The van der Waals surface area contributed by atoms with E-state index in [0.29, 0.717) is 22.3 Å². The molecule has 20 heavy (non-hydrogen) atoms. The first kappa shape index (κ1) is 14.2. The Morgan fingerprint density at radius 2 is 1.95 bits per heavy atom. The molecule has 0 radical (unpaired) electrons. The molecular formula is C14H12ClNO4. The number of hydrogen-bond donors (Lipinski definition) is 1. The van der Waals surface area contributed by atoms with Gasteiger partial charge in [-0.1, -0.05) is 29.8 Å². The predicted molar refractivity (Wildman–Crippen MR) is 74.8 cm³/mol. The van der Waals surface area contributed by atoms with Gasteiger partial charge in [0.05, 0.1) is 17.8 Å². The molecule has 0 saturated heterocycles. The van der Waals surface area contributed by atoms with E-state index >= 15 is 0 Å².